The summed E-state index contributed by atoms with van der Waals surface area (Å²) in [6.45, 7) is 0. The molecule has 8 aromatic carbocycles. The number of benzene rings is 8. The smallest absolute Gasteiger partial charge is 0.186 e. The Hall–Kier alpha value is -9.82. The van der Waals surface area contributed by atoms with Gasteiger partial charge in [0.15, 0.2) is 34.6 Å². The van der Waals surface area contributed by atoms with E-state index in [0.29, 0.717) is 34.6 Å². The van der Waals surface area contributed by atoms with Crippen LogP contribution >= 0.6 is 0 Å². The molecule has 0 aliphatic rings. The summed E-state index contributed by atoms with van der Waals surface area (Å²) in [5.41, 5.74) is 4.93. The average Bonchev–Trinajstić information content (AvgIpc) is 4.05. The lowest BCUT2D eigenvalue weighted by molar-refractivity contribution is 0.414. The van der Waals surface area contributed by atoms with Crippen LogP contribution in [0.3, 0.4) is 0 Å². The van der Waals surface area contributed by atoms with Gasteiger partial charge < -0.3 is 29.6 Å². The molecule has 70 heavy (non-hydrogen) atoms. The van der Waals surface area contributed by atoms with Gasteiger partial charge in [-0.3, -0.25) is 0 Å². The molecule has 12 rings (SSSR count). The third kappa shape index (κ3) is 8.90. The highest BCUT2D eigenvalue weighted by molar-refractivity contribution is 6.02. The van der Waals surface area contributed by atoms with Gasteiger partial charge in [0.05, 0.1) is 14.2 Å². The summed E-state index contributed by atoms with van der Waals surface area (Å²) < 4.78 is 26.0. The van der Waals surface area contributed by atoms with E-state index >= 15 is 0 Å². The van der Waals surface area contributed by atoms with Crippen molar-refractivity contribution in [1.82, 2.24) is 39.6 Å². The zero-order valence-electron chi connectivity index (χ0n) is 37.8. The van der Waals surface area contributed by atoms with Gasteiger partial charge >= 0.3 is 0 Å². The van der Waals surface area contributed by atoms with Crippen molar-refractivity contribution in [3.8, 4) is 57.3 Å². The van der Waals surface area contributed by atoms with Crippen LogP contribution in [-0.4, -0.2) is 53.8 Å². The molecule has 14 nitrogen and oxygen atoms in total. The Labute approximate surface area is 401 Å². The van der Waals surface area contributed by atoms with Crippen LogP contribution in [0.5, 0.6) is 34.5 Å². The van der Waals surface area contributed by atoms with Crippen molar-refractivity contribution in [3.05, 3.63) is 206 Å². The van der Waals surface area contributed by atoms with Crippen molar-refractivity contribution in [2.75, 3.05) is 24.9 Å². The van der Waals surface area contributed by atoms with Gasteiger partial charge in [0.1, 0.15) is 34.5 Å². The molecule has 0 radical (unpaired) electrons. The summed E-state index contributed by atoms with van der Waals surface area (Å²) in [5, 5.41) is 38.3. The second kappa shape index (κ2) is 19.2. The molecule has 0 saturated heterocycles. The van der Waals surface area contributed by atoms with Crippen LogP contribution in [0, 0.1) is 0 Å². The Morgan fingerprint density at radius 3 is 1.23 bits per heavy atom. The van der Waals surface area contributed by atoms with Crippen LogP contribution in [0.1, 0.15) is 0 Å². The Morgan fingerprint density at radius 2 is 0.743 bits per heavy atom. The van der Waals surface area contributed by atoms with Crippen molar-refractivity contribution in [2.45, 2.75) is 0 Å². The Bertz CT molecular complexity index is 3740. The van der Waals surface area contributed by atoms with Crippen molar-refractivity contribution in [3.63, 3.8) is 0 Å². The maximum Gasteiger partial charge on any atom is 0.186 e. The minimum atomic E-state index is 0.651. The largest absolute Gasteiger partial charge is 0.497 e. The second-order valence-corrected chi connectivity index (χ2v) is 15.9. The standard InChI is InChI=1S/2C28H21N5O2/c1-34-21-16-14-19(15-17-21)27-30-31-28-25-13-6-5-12-24(25)26(32-33(27)28)29-20-8-7-11-23(18-20)35-22-9-3-2-4-10-22;1-34-21-15-11-19(12-16-21)27-30-31-28-25-10-6-5-9-24(25)26(32-33(27)28)29-20-13-17-23(18-14-20)35-22-7-3-2-4-8-22/h2*2-18H,1H3,(H,29,32). The summed E-state index contributed by atoms with van der Waals surface area (Å²) in [6, 6.07) is 66.5. The maximum absolute atomic E-state index is 6.00. The lowest BCUT2D eigenvalue weighted by Crippen LogP contribution is -2.02. The topological polar surface area (TPSA) is 147 Å². The van der Waals surface area contributed by atoms with E-state index in [2.05, 4.69) is 31.0 Å². The molecule has 0 amide bonds. The monoisotopic (exact) mass is 918 g/mol. The number of para-hydroxylation sites is 2. The first-order valence-electron chi connectivity index (χ1n) is 22.3. The number of nitrogens with zero attached hydrogens (tertiary/aromatic N) is 8. The quantitative estimate of drug-likeness (QED) is 0.120. The Kier molecular flexibility index (Phi) is 11.7. The van der Waals surface area contributed by atoms with E-state index in [-0.39, 0.29) is 0 Å². The predicted molar refractivity (Wildman–Crippen MR) is 273 cm³/mol. The summed E-state index contributed by atoms with van der Waals surface area (Å²) in [6.07, 6.45) is 0. The molecule has 2 N–H and O–H groups in total. The van der Waals surface area contributed by atoms with Crippen LogP contribution in [-0.2, 0) is 0 Å². The van der Waals surface area contributed by atoms with E-state index in [4.69, 9.17) is 29.1 Å². The zero-order chi connectivity index (χ0) is 47.2. The van der Waals surface area contributed by atoms with Gasteiger partial charge in [-0.05, 0) is 109 Å². The van der Waals surface area contributed by atoms with Crippen molar-refractivity contribution in [1.29, 1.82) is 0 Å². The average molecular weight is 919 g/mol. The summed E-state index contributed by atoms with van der Waals surface area (Å²) in [7, 11) is 3.29. The van der Waals surface area contributed by atoms with Gasteiger partial charge in [-0.1, -0.05) is 91.0 Å². The number of anilines is 4. The third-order valence-corrected chi connectivity index (χ3v) is 11.4. The first kappa shape index (κ1) is 42.8. The number of hydrogen-bond acceptors (Lipinski definition) is 12. The van der Waals surface area contributed by atoms with Crippen LogP contribution in [0.25, 0.3) is 55.6 Å². The Morgan fingerprint density at radius 1 is 0.343 bits per heavy atom. The number of ether oxygens (including phenoxy) is 4. The number of nitrogens with one attached hydrogen (secondary N) is 2. The first-order chi connectivity index (χ1) is 34.6. The van der Waals surface area contributed by atoms with E-state index in [1.54, 1.807) is 23.3 Å². The molecule has 0 fully saturated rings. The first-order valence-corrected chi connectivity index (χ1v) is 22.3. The molecule has 0 atom stereocenters. The predicted octanol–water partition coefficient (Wildman–Crippen LogP) is 13.0. The molecular weight excluding hydrogens is 877 g/mol. The van der Waals surface area contributed by atoms with Crippen molar-refractivity contribution < 1.29 is 18.9 Å². The van der Waals surface area contributed by atoms with Gasteiger partial charge in [-0.25, -0.2) is 0 Å². The van der Waals surface area contributed by atoms with Crippen LogP contribution < -0.4 is 29.6 Å². The van der Waals surface area contributed by atoms with Gasteiger partial charge in [-0.15, -0.1) is 30.6 Å². The van der Waals surface area contributed by atoms with E-state index in [9.17, 15) is 0 Å². The van der Waals surface area contributed by atoms with E-state index in [1.807, 2.05) is 206 Å². The van der Waals surface area contributed by atoms with Gasteiger partial charge in [0.2, 0.25) is 0 Å². The molecule has 12 aromatic rings. The lowest BCUT2D eigenvalue weighted by atomic mass is 10.1. The van der Waals surface area contributed by atoms with Gasteiger partial charge in [0, 0.05) is 50.1 Å². The van der Waals surface area contributed by atoms with Crippen LogP contribution in [0.4, 0.5) is 23.0 Å². The SMILES string of the molecule is COc1ccc(-c2nnc3c4ccccc4c(Nc4ccc(Oc5ccccc5)cc4)nn23)cc1.COc1ccc(-c2nnc3c4ccccc4c(Nc4cccc(Oc5ccccc5)c4)nn23)cc1. The third-order valence-electron chi connectivity index (χ3n) is 11.4. The molecule has 340 valence electrons. The van der Waals surface area contributed by atoms with Crippen LogP contribution in [0.2, 0.25) is 0 Å². The molecule has 0 aliphatic heterocycles. The molecule has 0 aliphatic carbocycles. The zero-order valence-corrected chi connectivity index (χ0v) is 37.8. The molecule has 0 spiro atoms. The number of methoxy groups -OCH3 is 2. The lowest BCUT2D eigenvalue weighted by Gasteiger charge is -2.12. The number of fused-ring (bicyclic) bond motifs is 6. The molecular formula is C56H42N10O4. The molecule has 0 saturated carbocycles. The molecule has 0 unspecified atom stereocenters. The van der Waals surface area contributed by atoms with E-state index in [0.717, 1.165) is 78.5 Å². The highest BCUT2D eigenvalue weighted by Gasteiger charge is 2.18. The fourth-order valence-corrected chi connectivity index (χ4v) is 7.95. The van der Waals surface area contributed by atoms with Gasteiger partial charge in [0.25, 0.3) is 0 Å². The molecule has 0 bridgehead atoms. The van der Waals surface area contributed by atoms with Crippen LogP contribution in [0.15, 0.2) is 206 Å². The fraction of sp³-hybridized carbons (Fsp3) is 0.0357. The minimum Gasteiger partial charge on any atom is -0.497 e. The number of hydrogen-bond donors (Lipinski definition) is 2. The van der Waals surface area contributed by atoms with Crippen molar-refractivity contribution >= 4 is 55.8 Å². The summed E-state index contributed by atoms with van der Waals surface area (Å²) >= 11 is 0. The molecule has 4 aromatic heterocycles. The van der Waals surface area contributed by atoms with E-state index < -0.39 is 0 Å². The molecule has 4 heterocycles. The van der Waals surface area contributed by atoms with Gasteiger partial charge in [-0.2, -0.15) is 9.03 Å². The maximum atomic E-state index is 6.00. The highest BCUT2D eigenvalue weighted by atomic mass is 16.5. The second-order valence-electron chi connectivity index (χ2n) is 15.9. The summed E-state index contributed by atoms with van der Waals surface area (Å²) in [4.78, 5) is 0. The number of aromatic nitrogens is 8. The normalized spacial score (nSPS) is 11.0. The van der Waals surface area contributed by atoms with Crippen molar-refractivity contribution in [2.24, 2.45) is 0 Å². The Balaban J connectivity index is 0.000000152. The molecule has 14 heteroatoms. The fourth-order valence-electron chi connectivity index (χ4n) is 7.95. The highest BCUT2D eigenvalue weighted by Crippen LogP contribution is 2.34. The van der Waals surface area contributed by atoms with E-state index in [1.165, 1.54) is 0 Å². The minimum absolute atomic E-state index is 0.651. The summed E-state index contributed by atoms with van der Waals surface area (Å²) in [5.74, 6) is 7.34. The number of rotatable bonds is 12.